The number of imidazole rings is 1. The van der Waals surface area contributed by atoms with Crippen LogP contribution in [-0.2, 0) is 6.54 Å². The number of aromatic nitrogens is 2. The van der Waals surface area contributed by atoms with Crippen molar-refractivity contribution in [3.8, 4) is 0 Å². The van der Waals surface area contributed by atoms with Crippen molar-refractivity contribution in [2.24, 2.45) is 4.99 Å². The first-order valence-electron chi connectivity index (χ1n) is 7.34. The van der Waals surface area contributed by atoms with Crippen LogP contribution in [0.5, 0.6) is 0 Å². The molecular formula is C15H28IN5. The fourth-order valence-electron chi connectivity index (χ4n) is 1.91. The van der Waals surface area contributed by atoms with E-state index in [1.54, 1.807) is 6.20 Å². The predicted octanol–water partition coefficient (Wildman–Crippen LogP) is 2.75. The van der Waals surface area contributed by atoms with Gasteiger partial charge in [-0.05, 0) is 26.2 Å². The lowest BCUT2D eigenvalue weighted by Gasteiger charge is -2.21. The smallest absolute Gasteiger partial charge is 0.193 e. The molecule has 0 bridgehead atoms. The van der Waals surface area contributed by atoms with E-state index >= 15 is 0 Å². The first kappa shape index (κ1) is 19.9. The van der Waals surface area contributed by atoms with Crippen LogP contribution in [-0.4, -0.2) is 47.1 Å². The molecule has 0 saturated carbocycles. The molecule has 0 aliphatic rings. The molecule has 0 saturated heterocycles. The number of guanidine groups is 1. The number of nitrogens with one attached hydrogen (secondary N) is 1. The summed E-state index contributed by atoms with van der Waals surface area (Å²) in [5.41, 5.74) is 0. The van der Waals surface area contributed by atoms with Gasteiger partial charge in [-0.25, -0.2) is 4.98 Å². The summed E-state index contributed by atoms with van der Waals surface area (Å²) >= 11 is 0. The number of hydrogen-bond acceptors (Lipinski definition) is 2. The summed E-state index contributed by atoms with van der Waals surface area (Å²) in [5, 5.41) is 3.33. The molecule has 120 valence electrons. The minimum absolute atomic E-state index is 0. The molecule has 21 heavy (non-hydrogen) atoms. The zero-order chi connectivity index (χ0) is 14.6. The largest absolute Gasteiger partial charge is 0.357 e. The van der Waals surface area contributed by atoms with Crippen LogP contribution >= 0.6 is 24.0 Å². The van der Waals surface area contributed by atoms with Crippen LogP contribution in [0.3, 0.4) is 0 Å². The van der Waals surface area contributed by atoms with Crippen molar-refractivity contribution in [2.75, 3.05) is 26.7 Å². The normalized spacial score (nSPS) is 10.9. The van der Waals surface area contributed by atoms with Gasteiger partial charge >= 0.3 is 0 Å². The summed E-state index contributed by atoms with van der Waals surface area (Å²) in [7, 11) is 2.08. The van der Waals surface area contributed by atoms with Gasteiger partial charge in [-0.2, -0.15) is 0 Å². The van der Waals surface area contributed by atoms with E-state index in [0.717, 1.165) is 51.4 Å². The number of rotatable bonds is 9. The molecule has 6 heteroatoms. The van der Waals surface area contributed by atoms with Crippen LogP contribution in [0, 0.1) is 0 Å². The Morgan fingerprint density at radius 2 is 2.29 bits per heavy atom. The summed E-state index contributed by atoms with van der Waals surface area (Å²) in [5.74, 6) is 0.988. The lowest BCUT2D eigenvalue weighted by atomic mass is 10.3. The number of nitrogens with zero attached hydrogens (tertiary/aromatic N) is 4. The van der Waals surface area contributed by atoms with E-state index in [1.165, 1.54) is 0 Å². The second kappa shape index (κ2) is 12.7. The first-order valence-corrected chi connectivity index (χ1v) is 7.34. The summed E-state index contributed by atoms with van der Waals surface area (Å²) in [4.78, 5) is 10.9. The molecule has 0 aromatic carbocycles. The Morgan fingerprint density at radius 3 is 2.90 bits per heavy atom. The third kappa shape index (κ3) is 8.75. The van der Waals surface area contributed by atoms with Crippen molar-refractivity contribution in [1.29, 1.82) is 0 Å². The quantitative estimate of drug-likeness (QED) is 0.226. The van der Waals surface area contributed by atoms with Crippen molar-refractivity contribution in [3.05, 3.63) is 31.4 Å². The number of aliphatic imine (C=N–C) groups is 1. The van der Waals surface area contributed by atoms with Gasteiger partial charge in [0, 0.05) is 45.6 Å². The third-order valence-electron chi connectivity index (χ3n) is 2.99. The van der Waals surface area contributed by atoms with Gasteiger partial charge in [0.05, 0.1) is 6.33 Å². The highest BCUT2D eigenvalue weighted by molar-refractivity contribution is 14.0. The Labute approximate surface area is 145 Å². The number of halogens is 1. The van der Waals surface area contributed by atoms with E-state index in [0.29, 0.717) is 0 Å². The van der Waals surface area contributed by atoms with Crippen LogP contribution in [0.15, 0.2) is 36.4 Å². The molecule has 0 aliphatic heterocycles. The number of hydrogen-bond donors (Lipinski definition) is 1. The van der Waals surface area contributed by atoms with Gasteiger partial charge in [-0.3, -0.25) is 4.99 Å². The maximum absolute atomic E-state index is 4.66. The van der Waals surface area contributed by atoms with Crippen LogP contribution < -0.4 is 5.32 Å². The highest BCUT2D eigenvalue weighted by Gasteiger charge is 2.04. The van der Waals surface area contributed by atoms with Gasteiger partial charge in [0.1, 0.15) is 0 Å². The van der Waals surface area contributed by atoms with Gasteiger partial charge < -0.3 is 14.8 Å². The Bertz CT molecular complexity index is 389. The minimum atomic E-state index is 0. The average Bonchev–Trinajstić information content (AvgIpc) is 2.95. The average molecular weight is 405 g/mol. The molecule has 0 amide bonds. The molecule has 0 atom stereocenters. The van der Waals surface area contributed by atoms with E-state index in [-0.39, 0.29) is 24.0 Å². The highest BCUT2D eigenvalue weighted by atomic mass is 127. The molecule has 1 rings (SSSR count). The van der Waals surface area contributed by atoms with Crippen LogP contribution in [0.25, 0.3) is 0 Å². The Morgan fingerprint density at radius 1 is 1.48 bits per heavy atom. The maximum atomic E-state index is 4.66. The molecule has 1 N–H and O–H groups in total. The van der Waals surface area contributed by atoms with E-state index in [2.05, 4.69) is 45.3 Å². The fraction of sp³-hybridized carbons (Fsp3) is 0.600. The van der Waals surface area contributed by atoms with Gasteiger partial charge in [0.15, 0.2) is 5.96 Å². The molecule has 0 radical (unpaired) electrons. The van der Waals surface area contributed by atoms with Gasteiger partial charge in [-0.15, -0.1) is 30.6 Å². The fourth-order valence-corrected chi connectivity index (χ4v) is 1.91. The van der Waals surface area contributed by atoms with Crippen molar-refractivity contribution in [3.63, 3.8) is 0 Å². The molecule has 1 aromatic heterocycles. The lowest BCUT2D eigenvalue weighted by molar-refractivity contribution is 0.469. The second-order valence-electron chi connectivity index (χ2n) is 4.74. The zero-order valence-electron chi connectivity index (χ0n) is 13.2. The van der Waals surface area contributed by atoms with Crippen molar-refractivity contribution < 1.29 is 0 Å². The number of aryl methyl sites for hydroxylation is 1. The van der Waals surface area contributed by atoms with Crippen LogP contribution in [0.2, 0.25) is 0 Å². The topological polar surface area (TPSA) is 45.5 Å². The standard InChI is InChI=1S/C15H27N5.HI/c1-4-6-7-11-19(3)15(17-5-2)18-9-8-12-20-13-10-16-14-20;/h4,10,13-14H,1,5-9,11-12H2,2-3H3,(H,17,18);1H. The predicted molar refractivity (Wildman–Crippen MR) is 100 cm³/mol. The lowest BCUT2D eigenvalue weighted by Crippen LogP contribution is -2.39. The third-order valence-corrected chi connectivity index (χ3v) is 2.99. The zero-order valence-corrected chi connectivity index (χ0v) is 15.5. The summed E-state index contributed by atoms with van der Waals surface area (Å²) in [6.45, 7) is 9.53. The molecule has 0 unspecified atom stereocenters. The van der Waals surface area contributed by atoms with Crippen LogP contribution in [0.1, 0.15) is 26.2 Å². The van der Waals surface area contributed by atoms with Gasteiger partial charge in [0.25, 0.3) is 0 Å². The molecule has 0 fully saturated rings. The second-order valence-corrected chi connectivity index (χ2v) is 4.74. The van der Waals surface area contributed by atoms with E-state index in [1.807, 2.05) is 18.6 Å². The van der Waals surface area contributed by atoms with E-state index < -0.39 is 0 Å². The Hall–Kier alpha value is -1.05. The number of unbranched alkanes of at least 4 members (excludes halogenated alkanes) is 1. The molecular weight excluding hydrogens is 377 g/mol. The Kier molecular flexibility index (Phi) is 12.0. The van der Waals surface area contributed by atoms with Crippen molar-refractivity contribution in [1.82, 2.24) is 19.8 Å². The summed E-state index contributed by atoms with van der Waals surface area (Å²) in [6.07, 6.45) is 10.8. The van der Waals surface area contributed by atoms with Gasteiger partial charge in [0.2, 0.25) is 0 Å². The molecule has 0 aliphatic carbocycles. The van der Waals surface area contributed by atoms with Crippen molar-refractivity contribution >= 4 is 29.9 Å². The molecule has 0 spiro atoms. The monoisotopic (exact) mass is 405 g/mol. The van der Waals surface area contributed by atoms with Crippen molar-refractivity contribution in [2.45, 2.75) is 32.7 Å². The van der Waals surface area contributed by atoms with Crippen LogP contribution in [0.4, 0.5) is 0 Å². The molecule has 1 aromatic rings. The maximum Gasteiger partial charge on any atom is 0.193 e. The van der Waals surface area contributed by atoms with E-state index in [4.69, 9.17) is 0 Å². The molecule has 1 heterocycles. The van der Waals surface area contributed by atoms with Gasteiger partial charge in [-0.1, -0.05) is 6.08 Å². The highest BCUT2D eigenvalue weighted by Crippen LogP contribution is 1.96. The van der Waals surface area contributed by atoms with E-state index in [9.17, 15) is 0 Å². The number of allylic oxidation sites excluding steroid dienone is 1. The molecule has 5 nitrogen and oxygen atoms in total. The Balaban J connectivity index is 0.00000400. The summed E-state index contributed by atoms with van der Waals surface area (Å²) in [6, 6.07) is 0. The minimum Gasteiger partial charge on any atom is -0.357 e. The summed E-state index contributed by atoms with van der Waals surface area (Å²) < 4.78 is 2.08. The first-order chi connectivity index (χ1) is 9.77. The SMILES string of the molecule is C=CCCCN(C)C(=NCCCn1ccnc1)NCC.I.